The first-order valence-electron chi connectivity index (χ1n) is 4.87. The number of aromatic nitrogens is 2. The molecule has 1 aromatic heterocycles. The van der Waals surface area contributed by atoms with Crippen LogP contribution in [-0.2, 0) is 0 Å². The number of amides is 1. The molecule has 1 aliphatic carbocycles. The van der Waals surface area contributed by atoms with Crippen LogP contribution in [0.15, 0.2) is 12.3 Å². The zero-order valence-electron chi connectivity index (χ0n) is 7.66. The molecule has 0 spiro atoms. The molecule has 3 N–H and O–H groups in total. The predicted octanol–water partition coefficient (Wildman–Crippen LogP) is -0.643. The van der Waals surface area contributed by atoms with E-state index in [1.807, 2.05) is 0 Å². The molecular weight excluding hydrogens is 180 g/mol. The molecule has 2 unspecified atom stereocenters. The molecule has 2 aliphatic rings. The number of carbonyl (C=O) groups is 1. The molecule has 1 amide bonds. The normalized spacial score (nSPS) is 33.9. The number of aromatic amines is 1. The van der Waals surface area contributed by atoms with Gasteiger partial charge >= 0.3 is 0 Å². The second-order valence-corrected chi connectivity index (χ2v) is 3.96. The minimum Gasteiger partial charge on any atom is -0.347 e. The zero-order chi connectivity index (χ0) is 9.54. The molecule has 3 rings (SSSR count). The molecule has 0 bridgehead atoms. The highest BCUT2D eigenvalue weighted by Crippen LogP contribution is 2.41. The fourth-order valence-corrected chi connectivity index (χ4v) is 2.24. The average molecular weight is 192 g/mol. The predicted molar refractivity (Wildman–Crippen MR) is 49.7 cm³/mol. The molecule has 14 heavy (non-hydrogen) atoms. The van der Waals surface area contributed by atoms with E-state index in [0.717, 1.165) is 13.1 Å². The summed E-state index contributed by atoms with van der Waals surface area (Å²) < 4.78 is 0. The maximum Gasteiger partial charge on any atom is 0.269 e. The first-order valence-corrected chi connectivity index (χ1v) is 4.87. The van der Waals surface area contributed by atoms with Gasteiger partial charge in [0.25, 0.3) is 5.91 Å². The largest absolute Gasteiger partial charge is 0.347 e. The maximum absolute atomic E-state index is 11.6. The summed E-state index contributed by atoms with van der Waals surface area (Å²) in [5.74, 6) is 1.27. The van der Waals surface area contributed by atoms with Crippen LogP contribution in [-0.4, -0.2) is 35.2 Å². The van der Waals surface area contributed by atoms with Crippen LogP contribution in [0.2, 0.25) is 0 Å². The van der Waals surface area contributed by atoms with Crippen LogP contribution in [0.3, 0.4) is 0 Å². The van der Waals surface area contributed by atoms with Gasteiger partial charge in [-0.15, -0.1) is 0 Å². The minimum absolute atomic E-state index is 0.0399. The van der Waals surface area contributed by atoms with Crippen molar-refractivity contribution in [2.75, 3.05) is 13.1 Å². The summed E-state index contributed by atoms with van der Waals surface area (Å²) in [4.78, 5) is 11.6. The van der Waals surface area contributed by atoms with Crippen molar-refractivity contribution in [1.82, 2.24) is 20.8 Å². The van der Waals surface area contributed by atoms with E-state index < -0.39 is 0 Å². The van der Waals surface area contributed by atoms with Gasteiger partial charge in [0.1, 0.15) is 5.69 Å². The first-order chi connectivity index (χ1) is 6.86. The summed E-state index contributed by atoms with van der Waals surface area (Å²) in [5, 5.41) is 12.7. The number of nitrogens with one attached hydrogen (secondary N) is 3. The Balaban J connectivity index is 1.61. The molecular formula is C9H12N4O. The molecule has 5 heteroatoms. The van der Waals surface area contributed by atoms with E-state index >= 15 is 0 Å². The van der Waals surface area contributed by atoms with E-state index in [2.05, 4.69) is 20.8 Å². The smallest absolute Gasteiger partial charge is 0.269 e. The lowest BCUT2D eigenvalue weighted by Crippen LogP contribution is -2.32. The average Bonchev–Trinajstić information content (AvgIpc) is 2.75. The van der Waals surface area contributed by atoms with Crippen molar-refractivity contribution >= 4 is 5.91 Å². The highest BCUT2D eigenvalue weighted by atomic mass is 16.2. The van der Waals surface area contributed by atoms with Crippen molar-refractivity contribution in [2.45, 2.75) is 6.04 Å². The molecule has 1 aliphatic heterocycles. The Kier molecular flexibility index (Phi) is 1.61. The monoisotopic (exact) mass is 192 g/mol. The van der Waals surface area contributed by atoms with Gasteiger partial charge in [0.15, 0.2) is 0 Å². The molecule has 2 heterocycles. The van der Waals surface area contributed by atoms with Gasteiger partial charge in [0.2, 0.25) is 0 Å². The highest BCUT2D eigenvalue weighted by Gasteiger charge is 2.53. The van der Waals surface area contributed by atoms with Crippen molar-refractivity contribution in [3.05, 3.63) is 18.0 Å². The van der Waals surface area contributed by atoms with Crippen molar-refractivity contribution < 1.29 is 4.79 Å². The Bertz CT molecular complexity index is 338. The quantitative estimate of drug-likeness (QED) is 0.583. The van der Waals surface area contributed by atoms with Crippen molar-refractivity contribution in [3.63, 3.8) is 0 Å². The van der Waals surface area contributed by atoms with Gasteiger partial charge in [0, 0.05) is 25.3 Å². The molecule has 0 aromatic carbocycles. The SMILES string of the molecule is O=C(NC1C2CNCC21)c1ccn[nH]1. The van der Waals surface area contributed by atoms with Crippen LogP contribution in [0.4, 0.5) is 0 Å². The van der Waals surface area contributed by atoms with Gasteiger partial charge in [-0.3, -0.25) is 9.89 Å². The number of rotatable bonds is 2. The lowest BCUT2D eigenvalue weighted by atomic mass is 10.3. The Labute approximate surface area is 81.3 Å². The van der Waals surface area contributed by atoms with Gasteiger partial charge in [0.05, 0.1) is 0 Å². The number of hydrogen-bond acceptors (Lipinski definition) is 3. The molecule has 0 radical (unpaired) electrons. The van der Waals surface area contributed by atoms with Crippen molar-refractivity contribution in [1.29, 1.82) is 0 Å². The number of hydrogen-bond donors (Lipinski definition) is 3. The van der Waals surface area contributed by atoms with Gasteiger partial charge in [-0.1, -0.05) is 0 Å². The third-order valence-electron chi connectivity index (χ3n) is 3.13. The van der Waals surface area contributed by atoms with Gasteiger partial charge in [-0.25, -0.2) is 0 Å². The number of nitrogens with zero attached hydrogens (tertiary/aromatic N) is 1. The fourth-order valence-electron chi connectivity index (χ4n) is 2.24. The third kappa shape index (κ3) is 1.13. The van der Waals surface area contributed by atoms with Crippen LogP contribution in [0.25, 0.3) is 0 Å². The lowest BCUT2D eigenvalue weighted by Gasteiger charge is -2.05. The number of fused-ring (bicyclic) bond motifs is 1. The molecule has 5 nitrogen and oxygen atoms in total. The number of piperidine rings is 1. The van der Waals surface area contributed by atoms with Crippen molar-refractivity contribution in [2.24, 2.45) is 11.8 Å². The molecule has 1 aromatic rings. The molecule has 1 saturated heterocycles. The summed E-state index contributed by atoms with van der Waals surface area (Å²) in [6.45, 7) is 2.08. The van der Waals surface area contributed by atoms with E-state index in [0.29, 0.717) is 23.6 Å². The number of carbonyl (C=O) groups excluding carboxylic acids is 1. The van der Waals surface area contributed by atoms with Crippen LogP contribution in [0, 0.1) is 11.8 Å². The zero-order valence-corrected chi connectivity index (χ0v) is 7.66. The molecule has 2 atom stereocenters. The van der Waals surface area contributed by atoms with Gasteiger partial charge in [-0.2, -0.15) is 5.10 Å². The van der Waals surface area contributed by atoms with Crippen molar-refractivity contribution in [3.8, 4) is 0 Å². The van der Waals surface area contributed by atoms with E-state index in [4.69, 9.17) is 0 Å². The summed E-state index contributed by atoms with van der Waals surface area (Å²) in [6, 6.07) is 2.07. The first kappa shape index (κ1) is 7.99. The maximum atomic E-state index is 11.6. The topological polar surface area (TPSA) is 69.8 Å². The second kappa shape index (κ2) is 2.81. The van der Waals surface area contributed by atoms with E-state index in [1.54, 1.807) is 12.3 Å². The minimum atomic E-state index is -0.0399. The van der Waals surface area contributed by atoms with Crippen LogP contribution in [0.1, 0.15) is 10.5 Å². The van der Waals surface area contributed by atoms with Crippen LogP contribution < -0.4 is 10.6 Å². The molecule has 1 saturated carbocycles. The van der Waals surface area contributed by atoms with Crippen LogP contribution >= 0.6 is 0 Å². The Morgan fingerprint density at radius 2 is 2.29 bits per heavy atom. The fraction of sp³-hybridized carbons (Fsp3) is 0.556. The molecule has 2 fully saturated rings. The number of H-pyrrole nitrogens is 1. The third-order valence-corrected chi connectivity index (χ3v) is 3.13. The lowest BCUT2D eigenvalue weighted by molar-refractivity contribution is 0.0941. The Hall–Kier alpha value is -1.36. The van der Waals surface area contributed by atoms with Crippen LogP contribution in [0.5, 0.6) is 0 Å². The molecule has 74 valence electrons. The Morgan fingerprint density at radius 3 is 2.93 bits per heavy atom. The summed E-state index contributed by atoms with van der Waals surface area (Å²) in [6.07, 6.45) is 1.59. The summed E-state index contributed by atoms with van der Waals surface area (Å²) >= 11 is 0. The summed E-state index contributed by atoms with van der Waals surface area (Å²) in [7, 11) is 0. The van der Waals surface area contributed by atoms with E-state index in [1.165, 1.54) is 0 Å². The highest BCUT2D eigenvalue weighted by molar-refractivity contribution is 5.92. The van der Waals surface area contributed by atoms with E-state index in [-0.39, 0.29) is 5.91 Å². The standard InChI is InChI=1S/C9H12N4O/c14-9(7-1-2-11-13-7)12-8-5-3-10-4-6(5)8/h1-2,5-6,8,10H,3-4H2,(H,11,13)(H,12,14). The van der Waals surface area contributed by atoms with E-state index in [9.17, 15) is 4.79 Å². The summed E-state index contributed by atoms with van der Waals surface area (Å²) in [5.41, 5.74) is 0.544. The van der Waals surface area contributed by atoms with Gasteiger partial charge < -0.3 is 10.6 Å². The van der Waals surface area contributed by atoms with Gasteiger partial charge in [-0.05, 0) is 17.9 Å². The Morgan fingerprint density at radius 1 is 1.50 bits per heavy atom. The second-order valence-electron chi connectivity index (χ2n) is 3.96.